The van der Waals surface area contributed by atoms with Gasteiger partial charge >= 0.3 is 0 Å². The van der Waals surface area contributed by atoms with Crippen LogP contribution >= 0.6 is 11.3 Å². The van der Waals surface area contributed by atoms with Gasteiger partial charge in [0.1, 0.15) is 16.5 Å². The Bertz CT molecular complexity index is 1100. The van der Waals surface area contributed by atoms with Crippen LogP contribution in [0.5, 0.6) is 5.75 Å². The van der Waals surface area contributed by atoms with Gasteiger partial charge in [-0.3, -0.25) is 4.90 Å². The van der Waals surface area contributed by atoms with Crippen LogP contribution in [-0.4, -0.2) is 28.5 Å². The minimum absolute atomic E-state index is 0.355. The molecular formula is C23H23N3O2S. The zero-order valence-electron chi connectivity index (χ0n) is 16.6. The molecule has 0 radical (unpaired) electrons. The van der Waals surface area contributed by atoms with E-state index in [1.807, 2.05) is 42.5 Å². The van der Waals surface area contributed by atoms with Crippen LogP contribution in [0.15, 0.2) is 52.9 Å². The molecule has 2 aromatic carbocycles. The van der Waals surface area contributed by atoms with E-state index in [2.05, 4.69) is 29.2 Å². The van der Waals surface area contributed by atoms with Crippen LogP contribution in [-0.2, 0) is 6.54 Å². The lowest BCUT2D eigenvalue weighted by Crippen LogP contribution is -2.23. The summed E-state index contributed by atoms with van der Waals surface area (Å²) in [4.78, 5) is 12.2. The van der Waals surface area contributed by atoms with Crippen molar-refractivity contribution in [2.75, 3.05) is 13.7 Å². The van der Waals surface area contributed by atoms with Gasteiger partial charge in [-0.1, -0.05) is 12.1 Å². The number of thiazole rings is 1. The number of ether oxygens (including phenoxy) is 1. The number of fused-ring (bicyclic) bond motifs is 1. The molecule has 3 heterocycles. The summed E-state index contributed by atoms with van der Waals surface area (Å²) < 4.78 is 12.5. The fourth-order valence-electron chi connectivity index (χ4n) is 3.95. The zero-order valence-corrected chi connectivity index (χ0v) is 17.4. The highest BCUT2D eigenvalue weighted by Crippen LogP contribution is 2.37. The summed E-state index contributed by atoms with van der Waals surface area (Å²) in [7, 11) is 1.67. The Morgan fingerprint density at radius 3 is 2.76 bits per heavy atom. The highest BCUT2D eigenvalue weighted by atomic mass is 32.1. The van der Waals surface area contributed by atoms with E-state index in [0.717, 1.165) is 47.8 Å². The number of likely N-dealkylation sites (tertiary alicyclic amines) is 1. The number of aryl methyl sites for hydroxylation is 1. The topological polar surface area (TPSA) is 51.4 Å². The second kappa shape index (κ2) is 7.61. The van der Waals surface area contributed by atoms with E-state index in [1.165, 1.54) is 16.1 Å². The molecule has 0 aliphatic carbocycles. The van der Waals surface area contributed by atoms with Gasteiger partial charge in [-0.15, -0.1) is 11.3 Å². The molecule has 6 heteroatoms. The first kappa shape index (κ1) is 18.3. The van der Waals surface area contributed by atoms with Crippen molar-refractivity contribution < 1.29 is 9.15 Å². The van der Waals surface area contributed by atoms with Gasteiger partial charge in [0.15, 0.2) is 0 Å². The van der Waals surface area contributed by atoms with Gasteiger partial charge in [0.2, 0.25) is 5.89 Å². The largest absolute Gasteiger partial charge is 0.497 e. The van der Waals surface area contributed by atoms with Crippen LogP contribution in [0.3, 0.4) is 0 Å². The third-order valence-electron chi connectivity index (χ3n) is 5.54. The molecule has 0 bridgehead atoms. The Morgan fingerprint density at radius 2 is 1.97 bits per heavy atom. The molecule has 4 aromatic rings. The van der Waals surface area contributed by atoms with Crippen molar-refractivity contribution in [2.45, 2.75) is 32.4 Å². The van der Waals surface area contributed by atoms with Crippen molar-refractivity contribution >= 4 is 21.6 Å². The summed E-state index contributed by atoms with van der Waals surface area (Å²) in [5, 5.41) is 1.21. The minimum atomic E-state index is 0.355. The number of hydrogen-bond acceptors (Lipinski definition) is 6. The first-order chi connectivity index (χ1) is 14.2. The lowest BCUT2D eigenvalue weighted by Gasteiger charge is -2.21. The second-order valence-corrected chi connectivity index (χ2v) is 8.46. The highest BCUT2D eigenvalue weighted by Gasteiger charge is 2.30. The van der Waals surface area contributed by atoms with Crippen LogP contribution in [0.25, 0.3) is 21.7 Å². The fourth-order valence-corrected chi connectivity index (χ4v) is 5.09. The van der Waals surface area contributed by atoms with Crippen molar-refractivity contribution in [3.05, 3.63) is 65.0 Å². The van der Waals surface area contributed by atoms with Crippen LogP contribution in [0.2, 0.25) is 0 Å². The van der Waals surface area contributed by atoms with Crippen LogP contribution < -0.4 is 4.74 Å². The monoisotopic (exact) mass is 405 g/mol. The SMILES string of the molecule is COc1ccc(-c2nc(CN3CCCC3c3nc4ccccc4s3)c(C)o2)cc1. The van der Waals surface area contributed by atoms with Gasteiger partial charge in [-0.05, 0) is 62.7 Å². The van der Waals surface area contributed by atoms with Crippen molar-refractivity contribution in [2.24, 2.45) is 0 Å². The number of oxazole rings is 1. The molecule has 0 N–H and O–H groups in total. The standard InChI is InChI=1S/C23H23N3O2S/c1-15-19(24-22(28-15)16-9-11-17(27-2)12-10-16)14-26-13-5-7-20(26)23-25-18-6-3-4-8-21(18)29-23/h3-4,6,8-12,20H,5,7,13-14H2,1-2H3. The van der Waals surface area contributed by atoms with Gasteiger partial charge in [0.25, 0.3) is 0 Å². The van der Waals surface area contributed by atoms with E-state index < -0.39 is 0 Å². The number of rotatable bonds is 5. The number of methoxy groups -OCH3 is 1. The number of aromatic nitrogens is 2. The molecule has 5 rings (SSSR count). The van der Waals surface area contributed by atoms with Crippen molar-refractivity contribution in [3.63, 3.8) is 0 Å². The summed E-state index contributed by atoms with van der Waals surface area (Å²) in [6.07, 6.45) is 2.32. The number of hydrogen-bond donors (Lipinski definition) is 0. The fraction of sp³-hybridized carbons (Fsp3) is 0.304. The van der Waals surface area contributed by atoms with E-state index in [9.17, 15) is 0 Å². The second-order valence-electron chi connectivity index (χ2n) is 7.40. The van der Waals surface area contributed by atoms with E-state index in [4.69, 9.17) is 19.1 Å². The molecule has 1 saturated heterocycles. The first-order valence-electron chi connectivity index (χ1n) is 9.91. The lowest BCUT2D eigenvalue weighted by molar-refractivity contribution is 0.244. The molecule has 1 unspecified atom stereocenters. The summed E-state index contributed by atoms with van der Waals surface area (Å²) >= 11 is 1.81. The van der Waals surface area contributed by atoms with E-state index in [-0.39, 0.29) is 0 Å². The Balaban J connectivity index is 1.38. The smallest absolute Gasteiger partial charge is 0.226 e. The van der Waals surface area contributed by atoms with Gasteiger partial charge in [-0.2, -0.15) is 0 Å². The Labute approximate surface area is 174 Å². The maximum atomic E-state index is 5.98. The van der Waals surface area contributed by atoms with E-state index in [0.29, 0.717) is 11.9 Å². The van der Waals surface area contributed by atoms with Crippen LogP contribution in [0.1, 0.15) is 35.3 Å². The molecule has 1 atom stereocenters. The number of nitrogens with zero attached hydrogens (tertiary/aromatic N) is 3. The molecule has 0 amide bonds. The summed E-state index contributed by atoms with van der Waals surface area (Å²) in [5.74, 6) is 2.37. The maximum Gasteiger partial charge on any atom is 0.226 e. The predicted molar refractivity (Wildman–Crippen MR) is 115 cm³/mol. The molecule has 5 nitrogen and oxygen atoms in total. The van der Waals surface area contributed by atoms with Gasteiger partial charge in [-0.25, -0.2) is 9.97 Å². The minimum Gasteiger partial charge on any atom is -0.497 e. The Kier molecular flexibility index (Phi) is 4.81. The molecule has 1 aliphatic heterocycles. The van der Waals surface area contributed by atoms with Crippen LogP contribution in [0, 0.1) is 6.92 Å². The molecule has 1 fully saturated rings. The first-order valence-corrected chi connectivity index (χ1v) is 10.7. The molecular weight excluding hydrogens is 382 g/mol. The van der Waals surface area contributed by atoms with E-state index in [1.54, 1.807) is 7.11 Å². The molecule has 2 aromatic heterocycles. The molecule has 1 aliphatic rings. The van der Waals surface area contributed by atoms with E-state index >= 15 is 0 Å². The predicted octanol–water partition coefficient (Wildman–Crippen LogP) is 5.61. The van der Waals surface area contributed by atoms with Crippen molar-refractivity contribution in [1.29, 1.82) is 0 Å². The van der Waals surface area contributed by atoms with Gasteiger partial charge in [0, 0.05) is 12.1 Å². The average molecular weight is 406 g/mol. The molecule has 0 saturated carbocycles. The molecule has 29 heavy (non-hydrogen) atoms. The molecule has 148 valence electrons. The number of para-hydroxylation sites is 1. The van der Waals surface area contributed by atoms with Crippen LogP contribution in [0.4, 0.5) is 0 Å². The maximum absolute atomic E-state index is 5.98. The zero-order chi connectivity index (χ0) is 19.8. The summed E-state index contributed by atoms with van der Waals surface area (Å²) in [5.41, 5.74) is 3.06. The Morgan fingerprint density at radius 1 is 1.14 bits per heavy atom. The average Bonchev–Trinajstić information content (AvgIpc) is 3.47. The third kappa shape index (κ3) is 3.54. The summed E-state index contributed by atoms with van der Waals surface area (Å²) in [6, 6.07) is 16.6. The van der Waals surface area contributed by atoms with Gasteiger partial charge < -0.3 is 9.15 Å². The highest BCUT2D eigenvalue weighted by molar-refractivity contribution is 7.18. The Hall–Kier alpha value is -2.70. The third-order valence-corrected chi connectivity index (χ3v) is 6.68. The quantitative estimate of drug-likeness (QED) is 0.432. The van der Waals surface area contributed by atoms with Crippen molar-refractivity contribution in [1.82, 2.24) is 14.9 Å². The van der Waals surface area contributed by atoms with Crippen molar-refractivity contribution in [3.8, 4) is 17.2 Å². The number of benzene rings is 2. The van der Waals surface area contributed by atoms with Gasteiger partial charge in [0.05, 0.1) is 29.1 Å². The molecule has 0 spiro atoms. The lowest BCUT2D eigenvalue weighted by atomic mass is 10.2. The normalized spacial score (nSPS) is 17.2. The summed E-state index contributed by atoms with van der Waals surface area (Å²) in [6.45, 7) is 3.84.